The van der Waals surface area contributed by atoms with Crippen molar-refractivity contribution in [2.24, 2.45) is 0 Å². The van der Waals surface area contributed by atoms with E-state index in [1.54, 1.807) is 7.11 Å². The highest BCUT2D eigenvalue weighted by molar-refractivity contribution is 6.31. The fourth-order valence-corrected chi connectivity index (χ4v) is 2.58. The molecule has 1 heterocycles. The van der Waals surface area contributed by atoms with E-state index >= 15 is 0 Å². The number of halogens is 2. The van der Waals surface area contributed by atoms with Crippen molar-refractivity contribution in [1.82, 2.24) is 0 Å². The molecule has 1 saturated heterocycles. The fourth-order valence-electron chi connectivity index (χ4n) is 2.40. The molecule has 1 aromatic carbocycles. The molecule has 1 atom stereocenters. The van der Waals surface area contributed by atoms with Gasteiger partial charge >= 0.3 is 0 Å². The van der Waals surface area contributed by atoms with E-state index in [4.69, 9.17) is 22.1 Å². The Bertz CT molecular complexity index is 455. The van der Waals surface area contributed by atoms with Crippen LogP contribution in [0.2, 0.25) is 5.02 Å². The number of methoxy groups -OCH3 is 1. The Morgan fingerprint density at radius 1 is 1.50 bits per heavy atom. The van der Waals surface area contributed by atoms with Crippen LogP contribution in [0.4, 0.5) is 15.8 Å². The number of benzene rings is 1. The number of nitrogen functional groups attached to an aromatic ring is 1. The number of nitrogens with zero attached hydrogens (tertiary/aromatic N) is 1. The number of ether oxygens (including phenoxy) is 1. The Balaban J connectivity index is 2.29. The Morgan fingerprint density at radius 3 is 2.89 bits per heavy atom. The highest BCUT2D eigenvalue weighted by Gasteiger charge is 2.31. The van der Waals surface area contributed by atoms with Crippen LogP contribution in [0, 0.1) is 5.82 Å². The molecule has 0 amide bonds. The Labute approximate surface area is 112 Å². The smallest absolute Gasteiger partial charge is 0.144 e. The summed E-state index contributed by atoms with van der Waals surface area (Å²) in [5, 5.41) is 0.0581. The molecule has 0 radical (unpaired) electrons. The van der Waals surface area contributed by atoms with Gasteiger partial charge in [0.15, 0.2) is 0 Å². The Kier molecular flexibility index (Phi) is 3.69. The average Bonchev–Trinajstić information content (AvgIpc) is 2.34. The van der Waals surface area contributed by atoms with Crippen LogP contribution in [0.5, 0.6) is 0 Å². The van der Waals surface area contributed by atoms with Crippen LogP contribution in [-0.4, -0.2) is 25.8 Å². The highest BCUT2D eigenvalue weighted by Crippen LogP contribution is 2.33. The Hall–Kier alpha value is -1.00. The molecule has 0 spiro atoms. The van der Waals surface area contributed by atoms with Gasteiger partial charge in [0.1, 0.15) is 5.82 Å². The van der Waals surface area contributed by atoms with E-state index in [0.717, 1.165) is 19.4 Å². The first-order chi connectivity index (χ1) is 8.45. The lowest BCUT2D eigenvalue weighted by molar-refractivity contribution is -0.00463. The molecule has 0 aliphatic carbocycles. The second-order valence-electron chi connectivity index (χ2n) is 5.00. The summed E-state index contributed by atoms with van der Waals surface area (Å²) in [5.74, 6) is -0.439. The average molecular weight is 273 g/mol. The number of rotatable bonds is 2. The molecule has 100 valence electrons. The molecule has 5 heteroatoms. The van der Waals surface area contributed by atoms with Crippen molar-refractivity contribution < 1.29 is 9.13 Å². The minimum atomic E-state index is -0.439. The summed E-state index contributed by atoms with van der Waals surface area (Å²) in [6.07, 6.45) is 1.99. The third-order valence-corrected chi connectivity index (χ3v) is 3.85. The largest absolute Gasteiger partial charge is 0.397 e. The van der Waals surface area contributed by atoms with Gasteiger partial charge in [-0.05, 0) is 25.8 Å². The predicted octanol–water partition coefficient (Wildman–Crippen LogP) is 3.07. The molecule has 2 rings (SSSR count). The van der Waals surface area contributed by atoms with Crippen molar-refractivity contribution in [3.63, 3.8) is 0 Å². The molecule has 3 nitrogen and oxygen atoms in total. The van der Waals surface area contributed by atoms with E-state index in [1.165, 1.54) is 12.1 Å². The van der Waals surface area contributed by atoms with Crippen molar-refractivity contribution in [2.45, 2.75) is 25.4 Å². The summed E-state index contributed by atoms with van der Waals surface area (Å²) in [4.78, 5) is 2.06. The molecule has 18 heavy (non-hydrogen) atoms. The van der Waals surface area contributed by atoms with Crippen LogP contribution < -0.4 is 10.6 Å². The summed E-state index contributed by atoms with van der Waals surface area (Å²) in [7, 11) is 1.70. The van der Waals surface area contributed by atoms with E-state index in [-0.39, 0.29) is 10.6 Å². The van der Waals surface area contributed by atoms with E-state index in [1.807, 2.05) is 0 Å². The number of hydrogen-bond donors (Lipinski definition) is 1. The van der Waals surface area contributed by atoms with Gasteiger partial charge in [0.05, 0.1) is 22.0 Å². The van der Waals surface area contributed by atoms with Gasteiger partial charge in [0, 0.05) is 26.3 Å². The maximum atomic E-state index is 13.5. The first-order valence-electron chi connectivity index (χ1n) is 6.00. The van der Waals surface area contributed by atoms with Gasteiger partial charge in [-0.25, -0.2) is 4.39 Å². The molecule has 1 unspecified atom stereocenters. The van der Waals surface area contributed by atoms with Gasteiger partial charge in [0.2, 0.25) is 0 Å². The topological polar surface area (TPSA) is 38.5 Å². The SMILES string of the molecule is COC1(C)CCCN(c2cc(F)c(Cl)cc2N)C1. The second kappa shape index (κ2) is 4.94. The van der Waals surface area contributed by atoms with Crippen LogP contribution in [-0.2, 0) is 4.74 Å². The van der Waals surface area contributed by atoms with E-state index in [9.17, 15) is 4.39 Å². The molecule has 1 aromatic rings. The van der Waals surface area contributed by atoms with Crippen LogP contribution in [0.1, 0.15) is 19.8 Å². The van der Waals surface area contributed by atoms with Crippen molar-refractivity contribution in [3.8, 4) is 0 Å². The standard InChI is InChI=1S/C13H18ClFN2O/c1-13(18-2)4-3-5-17(8-13)12-7-10(15)9(14)6-11(12)16/h6-7H,3-5,8,16H2,1-2H3. The van der Waals surface area contributed by atoms with Gasteiger partial charge in [-0.3, -0.25) is 0 Å². The van der Waals surface area contributed by atoms with Crippen LogP contribution in [0.25, 0.3) is 0 Å². The first-order valence-corrected chi connectivity index (χ1v) is 6.37. The molecule has 0 bridgehead atoms. The van der Waals surface area contributed by atoms with E-state index in [0.29, 0.717) is 17.9 Å². The molecule has 0 saturated carbocycles. The fraction of sp³-hybridized carbons (Fsp3) is 0.538. The summed E-state index contributed by atoms with van der Waals surface area (Å²) in [5.41, 5.74) is 6.91. The minimum Gasteiger partial charge on any atom is -0.397 e. The molecular weight excluding hydrogens is 255 g/mol. The lowest BCUT2D eigenvalue weighted by atomic mass is 9.94. The zero-order valence-corrected chi connectivity index (χ0v) is 11.4. The highest BCUT2D eigenvalue weighted by atomic mass is 35.5. The van der Waals surface area contributed by atoms with Gasteiger partial charge in [0.25, 0.3) is 0 Å². The molecule has 1 fully saturated rings. The van der Waals surface area contributed by atoms with Crippen molar-refractivity contribution >= 4 is 23.0 Å². The van der Waals surface area contributed by atoms with Crippen LogP contribution >= 0.6 is 11.6 Å². The second-order valence-corrected chi connectivity index (χ2v) is 5.41. The molecule has 1 aliphatic heterocycles. The quantitative estimate of drug-likeness (QED) is 0.841. The van der Waals surface area contributed by atoms with Crippen molar-refractivity contribution in [1.29, 1.82) is 0 Å². The van der Waals surface area contributed by atoms with Crippen LogP contribution in [0.15, 0.2) is 12.1 Å². The maximum Gasteiger partial charge on any atom is 0.144 e. The summed E-state index contributed by atoms with van der Waals surface area (Å²) < 4.78 is 19.1. The van der Waals surface area contributed by atoms with Gasteiger partial charge in [-0.15, -0.1) is 0 Å². The van der Waals surface area contributed by atoms with Gasteiger partial charge in [-0.2, -0.15) is 0 Å². The molecule has 0 aromatic heterocycles. The zero-order chi connectivity index (χ0) is 13.3. The van der Waals surface area contributed by atoms with Gasteiger partial charge in [-0.1, -0.05) is 11.6 Å². The predicted molar refractivity (Wildman–Crippen MR) is 72.7 cm³/mol. The summed E-state index contributed by atoms with van der Waals surface area (Å²) in [6, 6.07) is 2.87. The first kappa shape index (κ1) is 13.4. The number of nitrogens with two attached hydrogens (primary N) is 1. The lowest BCUT2D eigenvalue weighted by Gasteiger charge is -2.41. The van der Waals surface area contributed by atoms with Crippen molar-refractivity contribution in [3.05, 3.63) is 23.0 Å². The number of piperidine rings is 1. The number of anilines is 2. The molecule has 1 aliphatic rings. The third-order valence-electron chi connectivity index (χ3n) is 3.56. The summed E-state index contributed by atoms with van der Waals surface area (Å²) in [6.45, 7) is 3.61. The molecule has 2 N–H and O–H groups in total. The summed E-state index contributed by atoms with van der Waals surface area (Å²) >= 11 is 5.71. The Morgan fingerprint density at radius 2 is 2.22 bits per heavy atom. The van der Waals surface area contributed by atoms with E-state index in [2.05, 4.69) is 11.8 Å². The maximum absolute atomic E-state index is 13.5. The van der Waals surface area contributed by atoms with Crippen molar-refractivity contribution in [2.75, 3.05) is 30.8 Å². The zero-order valence-electron chi connectivity index (χ0n) is 10.7. The molecular formula is C13H18ClFN2O. The minimum absolute atomic E-state index is 0.0581. The third kappa shape index (κ3) is 2.54. The van der Waals surface area contributed by atoms with E-state index < -0.39 is 5.82 Å². The van der Waals surface area contributed by atoms with Crippen LogP contribution in [0.3, 0.4) is 0 Å². The lowest BCUT2D eigenvalue weighted by Crippen LogP contribution is -2.47. The number of hydrogen-bond acceptors (Lipinski definition) is 3. The monoisotopic (exact) mass is 272 g/mol. The van der Waals surface area contributed by atoms with Gasteiger partial charge < -0.3 is 15.4 Å². The normalized spacial score (nSPS) is 24.3.